The highest BCUT2D eigenvalue weighted by molar-refractivity contribution is 5.03. The van der Waals surface area contributed by atoms with Crippen molar-refractivity contribution < 1.29 is 9.52 Å². The summed E-state index contributed by atoms with van der Waals surface area (Å²) in [5.74, 6) is 1.32. The molecular formula is C9H10N2O2. The van der Waals surface area contributed by atoms with E-state index in [0.717, 1.165) is 5.76 Å². The molecule has 0 bridgehead atoms. The topological polar surface area (TPSA) is 62.1 Å². The standard InChI is InChI=1S/C9H10N2O2/c12-8(9-10-3-4-11-9)6-7-2-1-5-13-7/h1-5,8,12H,6H2,(H,10,11). The van der Waals surface area contributed by atoms with Crippen molar-refractivity contribution >= 4 is 0 Å². The normalized spacial score (nSPS) is 13.0. The summed E-state index contributed by atoms with van der Waals surface area (Å²) in [5.41, 5.74) is 0. The highest BCUT2D eigenvalue weighted by Crippen LogP contribution is 2.14. The van der Waals surface area contributed by atoms with Crippen molar-refractivity contribution in [1.29, 1.82) is 0 Å². The summed E-state index contributed by atoms with van der Waals surface area (Å²) in [7, 11) is 0. The Balaban J connectivity index is 2.04. The van der Waals surface area contributed by atoms with E-state index in [2.05, 4.69) is 9.97 Å². The van der Waals surface area contributed by atoms with Gasteiger partial charge in [0.2, 0.25) is 0 Å². The van der Waals surface area contributed by atoms with Gasteiger partial charge in [-0.15, -0.1) is 0 Å². The van der Waals surface area contributed by atoms with Crippen molar-refractivity contribution in [3.05, 3.63) is 42.4 Å². The number of aromatic nitrogens is 2. The molecule has 0 aliphatic rings. The summed E-state index contributed by atoms with van der Waals surface area (Å²) in [6.07, 6.45) is 4.70. The number of aliphatic hydroxyl groups excluding tert-OH is 1. The van der Waals surface area contributed by atoms with Gasteiger partial charge in [-0.1, -0.05) is 0 Å². The lowest BCUT2D eigenvalue weighted by Crippen LogP contribution is -2.02. The third kappa shape index (κ3) is 1.78. The number of aromatic amines is 1. The molecule has 0 aromatic carbocycles. The molecule has 13 heavy (non-hydrogen) atoms. The largest absolute Gasteiger partial charge is 0.469 e. The first-order valence-electron chi connectivity index (χ1n) is 4.06. The molecule has 0 radical (unpaired) electrons. The molecule has 1 unspecified atom stereocenters. The van der Waals surface area contributed by atoms with Crippen LogP contribution in [-0.2, 0) is 6.42 Å². The van der Waals surface area contributed by atoms with Crippen molar-refractivity contribution in [2.45, 2.75) is 12.5 Å². The number of H-pyrrole nitrogens is 1. The first-order chi connectivity index (χ1) is 6.36. The van der Waals surface area contributed by atoms with Gasteiger partial charge >= 0.3 is 0 Å². The summed E-state index contributed by atoms with van der Waals surface area (Å²) in [6, 6.07) is 3.62. The minimum atomic E-state index is -0.624. The van der Waals surface area contributed by atoms with Gasteiger partial charge in [0, 0.05) is 18.8 Å². The summed E-state index contributed by atoms with van der Waals surface area (Å²) in [4.78, 5) is 6.80. The molecule has 0 fully saturated rings. The lowest BCUT2D eigenvalue weighted by atomic mass is 10.2. The van der Waals surface area contributed by atoms with Crippen LogP contribution in [0.4, 0.5) is 0 Å². The van der Waals surface area contributed by atoms with E-state index in [9.17, 15) is 5.11 Å². The Morgan fingerprint density at radius 2 is 2.54 bits per heavy atom. The number of hydrogen-bond acceptors (Lipinski definition) is 3. The molecule has 0 saturated heterocycles. The zero-order valence-corrected chi connectivity index (χ0v) is 6.97. The predicted molar refractivity (Wildman–Crippen MR) is 46.0 cm³/mol. The van der Waals surface area contributed by atoms with Crippen LogP contribution >= 0.6 is 0 Å². The minimum Gasteiger partial charge on any atom is -0.469 e. The van der Waals surface area contributed by atoms with Crippen molar-refractivity contribution in [1.82, 2.24) is 9.97 Å². The second-order valence-corrected chi connectivity index (χ2v) is 2.77. The highest BCUT2D eigenvalue weighted by atomic mass is 16.3. The highest BCUT2D eigenvalue weighted by Gasteiger charge is 2.11. The van der Waals surface area contributed by atoms with Gasteiger partial charge in [-0.25, -0.2) is 4.98 Å². The van der Waals surface area contributed by atoms with Gasteiger partial charge in [0.05, 0.1) is 6.26 Å². The lowest BCUT2D eigenvalue weighted by Gasteiger charge is -2.04. The molecule has 4 nitrogen and oxygen atoms in total. The number of nitrogens with one attached hydrogen (secondary N) is 1. The maximum absolute atomic E-state index is 9.63. The molecule has 0 aliphatic carbocycles. The molecule has 2 N–H and O–H groups in total. The maximum atomic E-state index is 9.63. The summed E-state index contributed by atoms with van der Waals surface area (Å²) >= 11 is 0. The SMILES string of the molecule is OC(Cc1ccco1)c1ncc[nH]1. The van der Waals surface area contributed by atoms with Crippen LogP contribution < -0.4 is 0 Å². The Hall–Kier alpha value is -1.55. The number of aliphatic hydroxyl groups is 1. The zero-order chi connectivity index (χ0) is 9.10. The minimum absolute atomic E-state index is 0.445. The molecule has 1 atom stereocenters. The van der Waals surface area contributed by atoms with Crippen LogP contribution in [0.1, 0.15) is 17.7 Å². The summed E-state index contributed by atoms with van der Waals surface area (Å²) in [6.45, 7) is 0. The van der Waals surface area contributed by atoms with Crippen LogP contribution in [-0.4, -0.2) is 15.1 Å². The molecule has 2 rings (SSSR count). The molecule has 2 aromatic heterocycles. The monoisotopic (exact) mass is 178 g/mol. The average molecular weight is 178 g/mol. The second-order valence-electron chi connectivity index (χ2n) is 2.77. The molecule has 68 valence electrons. The van der Waals surface area contributed by atoms with Gasteiger partial charge < -0.3 is 14.5 Å². The molecule has 0 spiro atoms. The summed E-state index contributed by atoms with van der Waals surface area (Å²) < 4.78 is 5.10. The first kappa shape index (κ1) is 8.07. The molecule has 0 amide bonds. The van der Waals surface area contributed by atoms with Gasteiger partial charge in [-0.2, -0.15) is 0 Å². The van der Waals surface area contributed by atoms with E-state index in [1.165, 1.54) is 0 Å². The van der Waals surface area contributed by atoms with Crippen molar-refractivity contribution in [2.75, 3.05) is 0 Å². The smallest absolute Gasteiger partial charge is 0.135 e. The number of imidazole rings is 1. The predicted octanol–water partition coefficient (Wildman–Crippen LogP) is 1.28. The third-order valence-corrected chi connectivity index (χ3v) is 1.81. The molecule has 2 heterocycles. The van der Waals surface area contributed by atoms with E-state index in [1.807, 2.05) is 6.07 Å². The zero-order valence-electron chi connectivity index (χ0n) is 6.97. The Bertz CT molecular complexity index is 340. The van der Waals surface area contributed by atoms with Crippen LogP contribution in [0.2, 0.25) is 0 Å². The fourth-order valence-electron chi connectivity index (χ4n) is 1.18. The molecular weight excluding hydrogens is 168 g/mol. The number of furan rings is 1. The van der Waals surface area contributed by atoms with Crippen LogP contribution in [0.3, 0.4) is 0 Å². The average Bonchev–Trinajstić information content (AvgIpc) is 2.74. The van der Waals surface area contributed by atoms with Crippen molar-refractivity contribution in [3.63, 3.8) is 0 Å². The third-order valence-electron chi connectivity index (χ3n) is 1.81. The van der Waals surface area contributed by atoms with E-state index < -0.39 is 6.10 Å². The fraction of sp³-hybridized carbons (Fsp3) is 0.222. The summed E-state index contributed by atoms with van der Waals surface area (Å²) in [5, 5.41) is 9.63. The van der Waals surface area contributed by atoms with Gasteiger partial charge in [-0.3, -0.25) is 0 Å². The Kier molecular flexibility index (Phi) is 2.14. The number of hydrogen-bond donors (Lipinski definition) is 2. The van der Waals surface area contributed by atoms with E-state index in [1.54, 1.807) is 24.7 Å². The van der Waals surface area contributed by atoms with Crippen molar-refractivity contribution in [3.8, 4) is 0 Å². The Morgan fingerprint density at radius 3 is 3.15 bits per heavy atom. The first-order valence-corrected chi connectivity index (χ1v) is 4.06. The van der Waals surface area contributed by atoms with Crippen LogP contribution in [0.15, 0.2) is 35.2 Å². The fourth-order valence-corrected chi connectivity index (χ4v) is 1.18. The number of rotatable bonds is 3. The van der Waals surface area contributed by atoms with Gasteiger partial charge in [-0.05, 0) is 12.1 Å². The van der Waals surface area contributed by atoms with E-state index in [0.29, 0.717) is 12.2 Å². The molecule has 0 aliphatic heterocycles. The van der Waals surface area contributed by atoms with Gasteiger partial charge in [0.15, 0.2) is 0 Å². The van der Waals surface area contributed by atoms with Crippen LogP contribution in [0.5, 0.6) is 0 Å². The second kappa shape index (κ2) is 3.45. The maximum Gasteiger partial charge on any atom is 0.135 e. The van der Waals surface area contributed by atoms with Crippen LogP contribution in [0, 0.1) is 0 Å². The van der Waals surface area contributed by atoms with Gasteiger partial charge in [0.1, 0.15) is 17.7 Å². The van der Waals surface area contributed by atoms with E-state index in [4.69, 9.17) is 4.42 Å². The Labute approximate surface area is 75.2 Å². The van der Waals surface area contributed by atoms with Gasteiger partial charge in [0.25, 0.3) is 0 Å². The molecule has 4 heteroatoms. The number of nitrogens with zero attached hydrogens (tertiary/aromatic N) is 1. The van der Waals surface area contributed by atoms with E-state index in [-0.39, 0.29) is 0 Å². The van der Waals surface area contributed by atoms with E-state index >= 15 is 0 Å². The van der Waals surface area contributed by atoms with Crippen molar-refractivity contribution in [2.24, 2.45) is 0 Å². The van der Waals surface area contributed by atoms with Crippen LogP contribution in [0.25, 0.3) is 0 Å². The Morgan fingerprint density at radius 1 is 1.62 bits per heavy atom. The molecule has 2 aromatic rings. The molecule has 0 saturated carbocycles. The quantitative estimate of drug-likeness (QED) is 0.744. The lowest BCUT2D eigenvalue weighted by molar-refractivity contribution is 0.162.